The number of rotatable bonds is 5. The summed E-state index contributed by atoms with van der Waals surface area (Å²) in [5.41, 5.74) is 2.34. The fourth-order valence-electron chi connectivity index (χ4n) is 1.42. The van der Waals surface area contributed by atoms with Gasteiger partial charge in [-0.3, -0.25) is 10.1 Å². The molecule has 0 fully saturated rings. The minimum atomic E-state index is -0.465. The van der Waals surface area contributed by atoms with Crippen LogP contribution in [0.1, 0.15) is 5.56 Å². The zero-order valence-electron chi connectivity index (χ0n) is 9.49. The van der Waals surface area contributed by atoms with Crippen LogP contribution in [-0.2, 0) is 6.54 Å². The van der Waals surface area contributed by atoms with Crippen molar-refractivity contribution in [1.29, 1.82) is 0 Å². The molecule has 0 aliphatic carbocycles. The Bertz CT molecular complexity index is 544. The molecule has 18 heavy (non-hydrogen) atoms. The fourth-order valence-corrected chi connectivity index (χ4v) is 1.86. The monoisotopic (exact) mass is 266 g/mol. The lowest BCUT2D eigenvalue weighted by Crippen LogP contribution is -2.01. The van der Waals surface area contributed by atoms with E-state index in [1.165, 1.54) is 24.5 Å². The summed E-state index contributed by atoms with van der Waals surface area (Å²) in [5, 5.41) is 22.1. The van der Waals surface area contributed by atoms with Crippen molar-refractivity contribution in [3.63, 3.8) is 0 Å². The second kappa shape index (κ2) is 5.41. The van der Waals surface area contributed by atoms with Gasteiger partial charge in [0.25, 0.3) is 0 Å². The van der Waals surface area contributed by atoms with Crippen LogP contribution in [0.2, 0.25) is 0 Å². The zero-order chi connectivity index (χ0) is 13.0. The molecule has 0 bridgehead atoms. The summed E-state index contributed by atoms with van der Waals surface area (Å²) in [5.74, 6) is 0.250. The number of ether oxygens (including phenoxy) is 1. The smallest absolute Gasteiger partial charge is 0.311 e. The summed E-state index contributed by atoms with van der Waals surface area (Å²) in [6, 6.07) is 4.82. The van der Waals surface area contributed by atoms with Crippen molar-refractivity contribution in [2.45, 2.75) is 6.54 Å². The Labute approximate surface area is 107 Å². The summed E-state index contributed by atoms with van der Waals surface area (Å²) < 4.78 is 4.93. The number of anilines is 1. The van der Waals surface area contributed by atoms with E-state index in [0.717, 1.165) is 5.56 Å². The van der Waals surface area contributed by atoms with Gasteiger partial charge in [0.2, 0.25) is 5.13 Å². The summed E-state index contributed by atoms with van der Waals surface area (Å²) in [4.78, 5) is 10.4. The molecular weight excluding hydrogens is 256 g/mol. The maximum Gasteiger partial charge on any atom is 0.311 e. The standard InChI is InChI=1S/C10H10N4O3S/c1-17-9-3-2-7(4-8(9)14(15)16)5-11-10-13-12-6-18-10/h2-4,6H,5H2,1H3,(H,11,13). The van der Waals surface area contributed by atoms with Crippen molar-refractivity contribution >= 4 is 22.2 Å². The van der Waals surface area contributed by atoms with Gasteiger partial charge in [-0.25, -0.2) is 0 Å². The van der Waals surface area contributed by atoms with E-state index < -0.39 is 4.92 Å². The molecule has 1 N–H and O–H groups in total. The van der Waals surface area contributed by atoms with Crippen LogP contribution >= 0.6 is 11.3 Å². The van der Waals surface area contributed by atoms with Crippen LogP contribution in [0.25, 0.3) is 0 Å². The van der Waals surface area contributed by atoms with Gasteiger partial charge >= 0.3 is 5.69 Å². The van der Waals surface area contributed by atoms with Gasteiger partial charge in [0.05, 0.1) is 12.0 Å². The lowest BCUT2D eigenvalue weighted by Gasteiger charge is -2.05. The van der Waals surface area contributed by atoms with Crippen LogP contribution in [-0.4, -0.2) is 22.2 Å². The number of nitro benzene ring substituents is 1. The molecule has 1 heterocycles. The predicted octanol–water partition coefficient (Wildman–Crippen LogP) is 2.07. The number of aromatic nitrogens is 2. The number of hydrogen-bond donors (Lipinski definition) is 1. The molecule has 2 aromatic rings. The van der Waals surface area contributed by atoms with Crippen LogP contribution in [0.4, 0.5) is 10.8 Å². The second-order valence-corrected chi connectivity index (χ2v) is 4.19. The fraction of sp³-hybridized carbons (Fsp3) is 0.200. The second-order valence-electron chi connectivity index (χ2n) is 3.36. The number of nitrogens with zero attached hydrogens (tertiary/aromatic N) is 3. The Hall–Kier alpha value is -2.22. The van der Waals surface area contributed by atoms with Crippen LogP contribution in [0.15, 0.2) is 23.7 Å². The van der Waals surface area contributed by atoms with Crippen LogP contribution in [0, 0.1) is 10.1 Å². The minimum absolute atomic E-state index is 0.0472. The molecule has 8 heteroatoms. The molecule has 1 aromatic carbocycles. The Morgan fingerprint density at radius 1 is 1.56 bits per heavy atom. The summed E-state index contributed by atoms with van der Waals surface area (Å²) in [7, 11) is 1.40. The van der Waals surface area contributed by atoms with Crippen LogP contribution in [0.3, 0.4) is 0 Å². The van der Waals surface area contributed by atoms with Crippen molar-refractivity contribution < 1.29 is 9.66 Å². The average molecular weight is 266 g/mol. The Balaban J connectivity index is 2.14. The number of nitrogens with one attached hydrogen (secondary N) is 1. The molecule has 0 radical (unpaired) electrons. The highest BCUT2D eigenvalue weighted by Crippen LogP contribution is 2.27. The molecule has 0 saturated heterocycles. The zero-order valence-corrected chi connectivity index (χ0v) is 10.3. The van der Waals surface area contributed by atoms with E-state index in [-0.39, 0.29) is 11.4 Å². The molecule has 7 nitrogen and oxygen atoms in total. The van der Waals surface area contributed by atoms with Crippen molar-refractivity contribution in [3.05, 3.63) is 39.4 Å². The van der Waals surface area contributed by atoms with E-state index in [4.69, 9.17) is 4.74 Å². The SMILES string of the molecule is COc1ccc(CNc2nncs2)cc1[N+](=O)[O-]. The van der Waals surface area contributed by atoms with Crippen molar-refractivity contribution in [2.75, 3.05) is 12.4 Å². The third-order valence-electron chi connectivity index (χ3n) is 2.24. The third kappa shape index (κ3) is 2.72. The van der Waals surface area contributed by atoms with Gasteiger partial charge in [-0.05, 0) is 11.6 Å². The maximum atomic E-state index is 10.9. The van der Waals surface area contributed by atoms with Crippen LogP contribution in [0.5, 0.6) is 5.75 Å². The highest BCUT2D eigenvalue weighted by molar-refractivity contribution is 7.13. The number of methoxy groups -OCH3 is 1. The van der Waals surface area contributed by atoms with Gasteiger partial charge in [0.15, 0.2) is 5.75 Å². The Morgan fingerprint density at radius 2 is 2.39 bits per heavy atom. The molecule has 0 atom stereocenters. The first kappa shape index (κ1) is 12.2. The maximum absolute atomic E-state index is 10.9. The molecule has 1 aromatic heterocycles. The third-order valence-corrected chi connectivity index (χ3v) is 2.89. The first-order valence-corrected chi connectivity index (χ1v) is 5.90. The highest BCUT2D eigenvalue weighted by atomic mass is 32.1. The topological polar surface area (TPSA) is 90.2 Å². The summed E-state index contributed by atoms with van der Waals surface area (Å²) >= 11 is 1.37. The van der Waals surface area contributed by atoms with E-state index in [2.05, 4.69) is 15.5 Å². The molecule has 0 saturated carbocycles. The molecule has 0 amide bonds. The van der Waals surface area contributed by atoms with Crippen LogP contribution < -0.4 is 10.1 Å². The summed E-state index contributed by atoms with van der Waals surface area (Å²) in [6.45, 7) is 0.444. The predicted molar refractivity (Wildman–Crippen MR) is 66.9 cm³/mol. The van der Waals surface area contributed by atoms with Crippen molar-refractivity contribution in [2.24, 2.45) is 0 Å². The van der Waals surface area contributed by atoms with Crippen molar-refractivity contribution in [1.82, 2.24) is 10.2 Å². The van der Waals surface area contributed by atoms with Gasteiger partial charge in [0, 0.05) is 12.6 Å². The van der Waals surface area contributed by atoms with Gasteiger partial charge in [0.1, 0.15) is 5.51 Å². The lowest BCUT2D eigenvalue weighted by atomic mass is 10.2. The average Bonchev–Trinajstić information content (AvgIpc) is 2.89. The van der Waals surface area contributed by atoms with E-state index in [0.29, 0.717) is 11.7 Å². The first-order valence-electron chi connectivity index (χ1n) is 5.02. The Morgan fingerprint density at radius 3 is 3.00 bits per heavy atom. The summed E-state index contributed by atoms with van der Waals surface area (Å²) in [6.07, 6.45) is 0. The van der Waals surface area contributed by atoms with Gasteiger partial charge in [-0.2, -0.15) is 0 Å². The largest absolute Gasteiger partial charge is 0.490 e. The van der Waals surface area contributed by atoms with E-state index in [1.54, 1.807) is 17.6 Å². The molecular formula is C10H10N4O3S. The molecule has 0 aliphatic rings. The highest BCUT2D eigenvalue weighted by Gasteiger charge is 2.14. The van der Waals surface area contributed by atoms with Crippen molar-refractivity contribution in [3.8, 4) is 5.75 Å². The van der Waals surface area contributed by atoms with Gasteiger partial charge in [-0.15, -0.1) is 10.2 Å². The number of benzene rings is 1. The Kier molecular flexibility index (Phi) is 3.68. The number of nitro groups is 1. The molecule has 94 valence electrons. The van der Waals surface area contributed by atoms with E-state index in [1.807, 2.05) is 0 Å². The van der Waals surface area contributed by atoms with Gasteiger partial charge in [-0.1, -0.05) is 17.4 Å². The lowest BCUT2D eigenvalue weighted by molar-refractivity contribution is -0.385. The van der Waals surface area contributed by atoms with Gasteiger partial charge < -0.3 is 10.1 Å². The molecule has 0 unspecified atom stereocenters. The molecule has 0 spiro atoms. The quantitative estimate of drug-likeness (QED) is 0.658. The van der Waals surface area contributed by atoms with E-state index in [9.17, 15) is 10.1 Å². The normalized spacial score (nSPS) is 10.1. The first-order chi connectivity index (χ1) is 8.70. The van der Waals surface area contributed by atoms with E-state index >= 15 is 0 Å². The minimum Gasteiger partial charge on any atom is -0.490 e. The molecule has 2 rings (SSSR count). The molecule has 0 aliphatic heterocycles. The number of hydrogen-bond acceptors (Lipinski definition) is 7.